The zero-order valence-corrected chi connectivity index (χ0v) is 7.40. The van der Waals surface area contributed by atoms with E-state index in [1.807, 2.05) is 0 Å². The molecule has 0 unspecified atom stereocenters. The molecule has 0 spiro atoms. The molecule has 1 aromatic carbocycles. The lowest BCUT2D eigenvalue weighted by Gasteiger charge is -2.18. The van der Waals surface area contributed by atoms with E-state index in [9.17, 15) is 9.18 Å². The Morgan fingerprint density at radius 3 is 3.08 bits per heavy atom. The van der Waals surface area contributed by atoms with E-state index in [1.54, 1.807) is 6.07 Å². The van der Waals surface area contributed by atoms with E-state index in [0.29, 0.717) is 10.6 Å². The molecule has 1 N–H and O–H groups in total. The van der Waals surface area contributed by atoms with Crippen molar-refractivity contribution in [2.45, 2.75) is 4.90 Å². The van der Waals surface area contributed by atoms with Crippen molar-refractivity contribution in [3.8, 4) is 5.75 Å². The first-order chi connectivity index (χ1) is 6.16. The van der Waals surface area contributed by atoms with E-state index in [-0.39, 0.29) is 18.3 Å². The Morgan fingerprint density at radius 1 is 1.54 bits per heavy atom. The maximum atomic E-state index is 13.1. The standard InChI is InChI=1S/C8H6FNO2S/c9-5-1-4(13)2-6-8(5)12-3-7(11)10-6/h1-2,13H,3H2,(H,10,11). The molecule has 68 valence electrons. The third-order valence-electron chi connectivity index (χ3n) is 1.65. The number of anilines is 1. The van der Waals surface area contributed by atoms with Crippen molar-refractivity contribution in [3.63, 3.8) is 0 Å². The Kier molecular flexibility index (Phi) is 1.88. The molecule has 0 atom stereocenters. The van der Waals surface area contributed by atoms with Crippen LogP contribution in [0, 0.1) is 5.82 Å². The second-order valence-electron chi connectivity index (χ2n) is 2.64. The van der Waals surface area contributed by atoms with E-state index in [0.717, 1.165) is 0 Å². The van der Waals surface area contributed by atoms with Crippen LogP contribution in [0.3, 0.4) is 0 Å². The number of fused-ring (bicyclic) bond motifs is 1. The first kappa shape index (κ1) is 8.37. The third-order valence-corrected chi connectivity index (χ3v) is 1.91. The number of nitrogens with one attached hydrogen (secondary N) is 1. The van der Waals surface area contributed by atoms with Crippen molar-refractivity contribution in [3.05, 3.63) is 17.9 Å². The normalized spacial score (nSPS) is 14.5. The summed E-state index contributed by atoms with van der Waals surface area (Å²) in [6.45, 7) is -0.143. The average molecular weight is 199 g/mol. The minimum absolute atomic E-state index is 0.0809. The Bertz CT molecular complexity index is 381. The lowest BCUT2D eigenvalue weighted by atomic mass is 10.2. The summed E-state index contributed by atoms with van der Waals surface area (Å²) in [5, 5.41) is 2.49. The molecule has 1 aromatic rings. The summed E-state index contributed by atoms with van der Waals surface area (Å²) in [6, 6.07) is 2.78. The second kappa shape index (κ2) is 2.92. The number of hydrogen-bond donors (Lipinski definition) is 2. The second-order valence-corrected chi connectivity index (χ2v) is 3.16. The summed E-state index contributed by atoms with van der Waals surface area (Å²) in [4.78, 5) is 11.3. The molecule has 0 saturated heterocycles. The summed E-state index contributed by atoms with van der Waals surface area (Å²) >= 11 is 3.97. The van der Waals surface area contributed by atoms with Gasteiger partial charge in [-0.3, -0.25) is 4.79 Å². The molecule has 2 rings (SSSR count). The molecule has 1 aliphatic rings. The van der Waals surface area contributed by atoms with Crippen molar-refractivity contribution in [1.82, 2.24) is 0 Å². The predicted molar refractivity (Wildman–Crippen MR) is 47.8 cm³/mol. The monoisotopic (exact) mass is 199 g/mol. The molecule has 0 aliphatic carbocycles. The van der Waals surface area contributed by atoms with Gasteiger partial charge in [0.2, 0.25) is 0 Å². The van der Waals surface area contributed by atoms with Crippen LogP contribution in [0.5, 0.6) is 5.75 Å². The summed E-state index contributed by atoms with van der Waals surface area (Å²) < 4.78 is 18.0. The quantitative estimate of drug-likeness (QED) is 0.620. The lowest BCUT2D eigenvalue weighted by Crippen LogP contribution is -2.25. The van der Waals surface area contributed by atoms with Crippen molar-refractivity contribution >= 4 is 24.2 Å². The summed E-state index contributed by atoms with van der Waals surface area (Å²) in [7, 11) is 0. The molecule has 13 heavy (non-hydrogen) atoms. The van der Waals surface area contributed by atoms with Crippen LogP contribution in [-0.4, -0.2) is 12.5 Å². The largest absolute Gasteiger partial charge is 0.478 e. The number of ether oxygens (including phenoxy) is 1. The van der Waals surface area contributed by atoms with Crippen molar-refractivity contribution in [2.75, 3.05) is 11.9 Å². The molecule has 0 saturated carbocycles. The van der Waals surface area contributed by atoms with Crippen LogP contribution < -0.4 is 10.1 Å². The first-order valence-electron chi connectivity index (χ1n) is 3.62. The maximum absolute atomic E-state index is 13.1. The Balaban J connectivity index is 2.53. The van der Waals surface area contributed by atoms with Gasteiger partial charge in [-0.15, -0.1) is 12.6 Å². The fourth-order valence-electron chi connectivity index (χ4n) is 1.14. The molecule has 1 aliphatic heterocycles. The van der Waals surface area contributed by atoms with E-state index >= 15 is 0 Å². The predicted octanol–water partition coefficient (Wildman–Crippen LogP) is 1.45. The summed E-state index contributed by atoms with van der Waals surface area (Å²) in [5.74, 6) is -0.717. The van der Waals surface area contributed by atoms with Gasteiger partial charge in [-0.05, 0) is 12.1 Å². The van der Waals surface area contributed by atoms with Crippen LogP contribution in [-0.2, 0) is 4.79 Å². The Labute approximate surface area is 79.3 Å². The zero-order chi connectivity index (χ0) is 9.42. The van der Waals surface area contributed by atoms with Crippen LogP contribution in [0.25, 0.3) is 0 Å². The van der Waals surface area contributed by atoms with Gasteiger partial charge >= 0.3 is 0 Å². The maximum Gasteiger partial charge on any atom is 0.262 e. The number of thiol groups is 1. The molecule has 0 aromatic heterocycles. The van der Waals surface area contributed by atoms with Crippen LogP contribution in [0.1, 0.15) is 0 Å². The average Bonchev–Trinajstić information content (AvgIpc) is 2.02. The molecule has 1 amide bonds. The third kappa shape index (κ3) is 1.47. The number of halogens is 1. The highest BCUT2D eigenvalue weighted by Gasteiger charge is 2.19. The van der Waals surface area contributed by atoms with E-state index in [2.05, 4.69) is 17.9 Å². The van der Waals surface area contributed by atoms with Crippen LogP contribution in [0.2, 0.25) is 0 Å². The van der Waals surface area contributed by atoms with E-state index in [4.69, 9.17) is 4.74 Å². The molecule has 0 fully saturated rings. The van der Waals surface area contributed by atoms with E-state index < -0.39 is 5.82 Å². The van der Waals surface area contributed by atoms with Crippen molar-refractivity contribution in [1.29, 1.82) is 0 Å². The molecule has 5 heteroatoms. The van der Waals surface area contributed by atoms with Crippen LogP contribution in [0.4, 0.5) is 10.1 Å². The highest BCUT2D eigenvalue weighted by molar-refractivity contribution is 7.80. The van der Waals surface area contributed by atoms with Crippen molar-refractivity contribution < 1.29 is 13.9 Å². The van der Waals surface area contributed by atoms with Gasteiger partial charge in [0.05, 0.1) is 5.69 Å². The van der Waals surface area contributed by atoms with Gasteiger partial charge in [-0.2, -0.15) is 0 Å². The van der Waals surface area contributed by atoms with Gasteiger partial charge in [0.25, 0.3) is 5.91 Å². The molecule has 0 radical (unpaired) electrons. The molecule has 3 nitrogen and oxygen atoms in total. The SMILES string of the molecule is O=C1COc2c(F)cc(S)cc2N1. The summed E-state index contributed by atoms with van der Waals surface area (Å²) in [5.41, 5.74) is 0.334. The fraction of sp³-hybridized carbons (Fsp3) is 0.125. The van der Waals surface area contributed by atoms with Gasteiger partial charge in [-0.1, -0.05) is 0 Å². The lowest BCUT2D eigenvalue weighted by molar-refractivity contribution is -0.118. The topological polar surface area (TPSA) is 38.3 Å². The highest BCUT2D eigenvalue weighted by Crippen LogP contribution is 2.32. The summed E-state index contributed by atoms with van der Waals surface area (Å²) in [6.07, 6.45) is 0. The van der Waals surface area contributed by atoms with Crippen LogP contribution in [0.15, 0.2) is 17.0 Å². The molecular weight excluding hydrogens is 193 g/mol. The smallest absolute Gasteiger partial charge is 0.262 e. The van der Waals surface area contributed by atoms with Crippen molar-refractivity contribution in [2.24, 2.45) is 0 Å². The number of benzene rings is 1. The van der Waals surface area contributed by atoms with Gasteiger partial charge in [0.15, 0.2) is 18.2 Å². The highest BCUT2D eigenvalue weighted by atomic mass is 32.1. The van der Waals surface area contributed by atoms with Gasteiger partial charge in [0.1, 0.15) is 0 Å². The zero-order valence-electron chi connectivity index (χ0n) is 6.50. The number of hydrogen-bond acceptors (Lipinski definition) is 3. The first-order valence-corrected chi connectivity index (χ1v) is 4.06. The molecule has 1 heterocycles. The Morgan fingerprint density at radius 2 is 2.31 bits per heavy atom. The minimum Gasteiger partial charge on any atom is -0.478 e. The molecular formula is C8H6FNO2S. The Hall–Kier alpha value is -1.23. The van der Waals surface area contributed by atoms with E-state index in [1.165, 1.54) is 6.07 Å². The number of carbonyl (C=O) groups excluding carboxylic acids is 1. The van der Waals surface area contributed by atoms with Gasteiger partial charge in [0, 0.05) is 4.90 Å². The minimum atomic E-state index is -0.512. The molecule has 0 bridgehead atoms. The fourth-order valence-corrected chi connectivity index (χ4v) is 1.39. The number of amides is 1. The number of rotatable bonds is 0. The van der Waals surface area contributed by atoms with Crippen LogP contribution >= 0.6 is 12.6 Å². The van der Waals surface area contributed by atoms with Gasteiger partial charge in [-0.25, -0.2) is 4.39 Å². The van der Waals surface area contributed by atoms with Gasteiger partial charge < -0.3 is 10.1 Å². The number of carbonyl (C=O) groups is 1.